The van der Waals surface area contributed by atoms with Gasteiger partial charge in [0.25, 0.3) is 0 Å². The summed E-state index contributed by atoms with van der Waals surface area (Å²) in [6.45, 7) is 7.35. The summed E-state index contributed by atoms with van der Waals surface area (Å²) in [5.41, 5.74) is 2.29. The van der Waals surface area contributed by atoms with Crippen LogP contribution in [0.4, 0.5) is 5.82 Å². The lowest BCUT2D eigenvalue weighted by molar-refractivity contribution is 0.415. The van der Waals surface area contributed by atoms with Crippen LogP contribution in [0.15, 0.2) is 24.3 Å². The second-order valence-electron chi connectivity index (χ2n) is 6.16. The molecule has 1 fully saturated rings. The van der Waals surface area contributed by atoms with Crippen LogP contribution in [-0.2, 0) is 6.54 Å². The quantitative estimate of drug-likeness (QED) is 0.910. The van der Waals surface area contributed by atoms with Gasteiger partial charge in [-0.3, -0.25) is 0 Å². The highest BCUT2D eigenvalue weighted by Crippen LogP contribution is 2.28. The number of fused-ring (bicyclic) bond motifs is 1. The first-order valence-corrected chi connectivity index (χ1v) is 9.36. The monoisotopic (exact) mass is 331 g/mol. The maximum atomic E-state index is 5.35. The highest BCUT2D eigenvalue weighted by atomic mass is 32.2. The molecule has 1 aromatic carbocycles. The van der Waals surface area contributed by atoms with Crippen LogP contribution in [0.3, 0.4) is 0 Å². The normalized spacial score (nSPS) is 15.4. The third-order valence-electron chi connectivity index (χ3n) is 4.09. The molecule has 0 aliphatic carbocycles. The van der Waals surface area contributed by atoms with E-state index in [2.05, 4.69) is 36.2 Å². The van der Waals surface area contributed by atoms with Crippen molar-refractivity contribution < 1.29 is 4.74 Å². The van der Waals surface area contributed by atoms with Gasteiger partial charge in [0.2, 0.25) is 0 Å². The molecule has 23 heavy (non-hydrogen) atoms. The average molecular weight is 331 g/mol. The maximum Gasteiger partial charge on any atom is 0.133 e. The number of anilines is 1. The number of thioether (sulfide) groups is 1. The van der Waals surface area contributed by atoms with Gasteiger partial charge in [-0.25, -0.2) is 4.98 Å². The number of aromatic nitrogens is 1. The number of nitrogens with zero attached hydrogens (tertiary/aromatic N) is 2. The summed E-state index contributed by atoms with van der Waals surface area (Å²) in [4.78, 5) is 7.41. The van der Waals surface area contributed by atoms with Crippen LogP contribution >= 0.6 is 11.8 Å². The number of methoxy groups -OCH3 is 1. The van der Waals surface area contributed by atoms with Crippen molar-refractivity contribution in [3.63, 3.8) is 0 Å². The number of pyridine rings is 1. The van der Waals surface area contributed by atoms with Crippen LogP contribution in [0, 0.1) is 0 Å². The molecule has 0 radical (unpaired) electrons. The molecule has 0 spiro atoms. The molecule has 1 saturated heterocycles. The van der Waals surface area contributed by atoms with E-state index in [0.717, 1.165) is 36.7 Å². The van der Waals surface area contributed by atoms with Crippen molar-refractivity contribution >= 4 is 28.5 Å². The molecule has 0 bridgehead atoms. The van der Waals surface area contributed by atoms with Gasteiger partial charge in [-0.1, -0.05) is 13.8 Å². The van der Waals surface area contributed by atoms with Crippen molar-refractivity contribution in [2.75, 3.05) is 36.6 Å². The van der Waals surface area contributed by atoms with Crippen molar-refractivity contribution in [2.24, 2.45) is 0 Å². The third kappa shape index (κ3) is 3.90. The lowest BCUT2D eigenvalue weighted by Gasteiger charge is -2.29. The molecule has 2 aromatic rings. The Morgan fingerprint density at radius 1 is 1.26 bits per heavy atom. The number of hydrogen-bond acceptors (Lipinski definition) is 5. The SMILES string of the molecule is COc1ccc2cc(CNC(C)C)c(N3CCSCC3)nc2c1. The molecule has 1 aliphatic rings. The fourth-order valence-corrected chi connectivity index (χ4v) is 3.70. The maximum absolute atomic E-state index is 5.35. The topological polar surface area (TPSA) is 37.4 Å². The van der Waals surface area contributed by atoms with E-state index in [1.54, 1.807) is 7.11 Å². The molecule has 1 aromatic heterocycles. The molecule has 0 atom stereocenters. The second kappa shape index (κ2) is 7.41. The minimum absolute atomic E-state index is 0.464. The minimum atomic E-state index is 0.464. The summed E-state index contributed by atoms with van der Waals surface area (Å²) < 4.78 is 5.35. The van der Waals surface area contributed by atoms with E-state index in [4.69, 9.17) is 9.72 Å². The largest absolute Gasteiger partial charge is 0.497 e. The van der Waals surface area contributed by atoms with E-state index in [9.17, 15) is 0 Å². The van der Waals surface area contributed by atoms with Crippen LogP contribution in [0.25, 0.3) is 10.9 Å². The fraction of sp³-hybridized carbons (Fsp3) is 0.500. The molecule has 5 heteroatoms. The zero-order valence-electron chi connectivity index (χ0n) is 14.1. The lowest BCUT2D eigenvalue weighted by atomic mass is 10.1. The number of benzene rings is 1. The molecule has 4 nitrogen and oxygen atoms in total. The lowest BCUT2D eigenvalue weighted by Crippen LogP contribution is -2.34. The molecule has 1 N–H and O–H groups in total. The Labute approximate surface area is 142 Å². The van der Waals surface area contributed by atoms with E-state index in [1.807, 2.05) is 23.9 Å². The summed E-state index contributed by atoms with van der Waals surface area (Å²) >= 11 is 2.02. The highest BCUT2D eigenvalue weighted by molar-refractivity contribution is 7.99. The Morgan fingerprint density at radius 3 is 2.74 bits per heavy atom. The number of hydrogen-bond donors (Lipinski definition) is 1. The van der Waals surface area contributed by atoms with Crippen molar-refractivity contribution in [1.29, 1.82) is 0 Å². The molecule has 3 rings (SSSR count). The van der Waals surface area contributed by atoms with E-state index < -0.39 is 0 Å². The number of rotatable bonds is 5. The first kappa shape index (κ1) is 16.4. The summed E-state index contributed by atoms with van der Waals surface area (Å²) in [6, 6.07) is 8.86. The number of ether oxygens (including phenoxy) is 1. The average Bonchev–Trinajstić information content (AvgIpc) is 2.59. The van der Waals surface area contributed by atoms with Crippen LogP contribution in [0.5, 0.6) is 5.75 Å². The first-order chi connectivity index (χ1) is 11.2. The smallest absolute Gasteiger partial charge is 0.133 e. The molecule has 0 saturated carbocycles. The summed E-state index contributed by atoms with van der Waals surface area (Å²) in [6.07, 6.45) is 0. The third-order valence-corrected chi connectivity index (χ3v) is 5.03. The molecule has 2 heterocycles. The van der Waals surface area contributed by atoms with Crippen molar-refractivity contribution in [3.8, 4) is 5.75 Å². The molecular formula is C18H25N3OS. The van der Waals surface area contributed by atoms with Gasteiger partial charge in [-0.2, -0.15) is 11.8 Å². The van der Waals surface area contributed by atoms with Crippen molar-refractivity contribution in [3.05, 3.63) is 29.8 Å². The van der Waals surface area contributed by atoms with Gasteiger partial charge in [0.05, 0.1) is 12.6 Å². The Hall–Kier alpha value is -1.46. The summed E-state index contributed by atoms with van der Waals surface area (Å²) in [5.74, 6) is 4.33. The molecule has 1 aliphatic heterocycles. The zero-order valence-corrected chi connectivity index (χ0v) is 14.9. The van der Waals surface area contributed by atoms with Crippen molar-refractivity contribution in [2.45, 2.75) is 26.4 Å². The summed E-state index contributed by atoms with van der Waals surface area (Å²) in [7, 11) is 1.70. The van der Waals surface area contributed by atoms with Crippen LogP contribution in [0.2, 0.25) is 0 Å². The summed E-state index contributed by atoms with van der Waals surface area (Å²) in [5, 5.41) is 4.70. The van der Waals surface area contributed by atoms with Gasteiger partial charge in [0, 0.05) is 54.2 Å². The van der Waals surface area contributed by atoms with Gasteiger partial charge in [-0.15, -0.1) is 0 Å². The Balaban J connectivity index is 2.01. The van der Waals surface area contributed by atoms with Gasteiger partial charge >= 0.3 is 0 Å². The van der Waals surface area contributed by atoms with E-state index in [-0.39, 0.29) is 0 Å². The molecule has 124 valence electrons. The Bertz CT molecular complexity index is 669. The Morgan fingerprint density at radius 2 is 2.04 bits per heavy atom. The predicted octanol–water partition coefficient (Wildman–Crippen LogP) is 3.29. The number of nitrogens with one attached hydrogen (secondary N) is 1. The van der Waals surface area contributed by atoms with Gasteiger partial charge < -0.3 is 15.0 Å². The van der Waals surface area contributed by atoms with Crippen molar-refractivity contribution in [1.82, 2.24) is 10.3 Å². The Kier molecular flexibility index (Phi) is 5.28. The van der Waals surface area contributed by atoms with Crippen LogP contribution in [0.1, 0.15) is 19.4 Å². The van der Waals surface area contributed by atoms with Gasteiger partial charge in [0.15, 0.2) is 0 Å². The van der Waals surface area contributed by atoms with Crippen LogP contribution in [-0.4, -0.2) is 42.7 Å². The van der Waals surface area contributed by atoms with E-state index in [0.29, 0.717) is 6.04 Å². The standard InChI is InChI=1S/C18H25N3OS/c1-13(2)19-12-15-10-14-4-5-16(22-3)11-17(14)20-18(15)21-6-8-23-9-7-21/h4-5,10-11,13,19H,6-9,12H2,1-3H3. The van der Waals surface area contributed by atoms with E-state index >= 15 is 0 Å². The van der Waals surface area contributed by atoms with Gasteiger partial charge in [-0.05, 0) is 18.2 Å². The molecule has 0 amide bonds. The van der Waals surface area contributed by atoms with Gasteiger partial charge in [0.1, 0.15) is 11.6 Å². The van der Waals surface area contributed by atoms with Crippen LogP contribution < -0.4 is 15.0 Å². The molecule has 0 unspecified atom stereocenters. The first-order valence-electron chi connectivity index (χ1n) is 8.21. The zero-order chi connectivity index (χ0) is 16.2. The van der Waals surface area contributed by atoms with E-state index in [1.165, 1.54) is 22.5 Å². The second-order valence-corrected chi connectivity index (χ2v) is 7.39. The minimum Gasteiger partial charge on any atom is -0.497 e. The highest BCUT2D eigenvalue weighted by Gasteiger charge is 2.17. The molecular weight excluding hydrogens is 306 g/mol. The predicted molar refractivity (Wildman–Crippen MR) is 99.8 cm³/mol. The fourth-order valence-electron chi connectivity index (χ4n) is 2.80.